The molecule has 0 bridgehead atoms. The van der Waals surface area contributed by atoms with Gasteiger partial charge in [0.2, 0.25) is 0 Å². The summed E-state index contributed by atoms with van der Waals surface area (Å²) in [6.45, 7) is 4.28. The van der Waals surface area contributed by atoms with Gasteiger partial charge in [0.1, 0.15) is 0 Å². The van der Waals surface area contributed by atoms with E-state index >= 15 is 0 Å². The van der Waals surface area contributed by atoms with Crippen LogP contribution >= 0.6 is 11.6 Å². The number of anilines is 1. The van der Waals surface area contributed by atoms with Gasteiger partial charge in [-0.15, -0.1) is 0 Å². The number of carboxylic acids is 2. The van der Waals surface area contributed by atoms with Gasteiger partial charge in [0.25, 0.3) is 0 Å². The molecule has 0 unspecified atom stereocenters. The Morgan fingerprint density at radius 3 is 2.23 bits per heavy atom. The third kappa shape index (κ3) is 5.74. The lowest BCUT2D eigenvalue weighted by Crippen LogP contribution is -2.45. The average Bonchev–Trinajstić information content (AvgIpc) is 2.94. The summed E-state index contributed by atoms with van der Waals surface area (Å²) >= 11 is 6.55. The van der Waals surface area contributed by atoms with Gasteiger partial charge in [0, 0.05) is 19.0 Å². The molecule has 7 heteroatoms. The van der Waals surface area contributed by atoms with E-state index in [1.54, 1.807) is 0 Å². The van der Waals surface area contributed by atoms with E-state index in [1.807, 2.05) is 0 Å². The van der Waals surface area contributed by atoms with Crippen LogP contribution in [0.3, 0.4) is 0 Å². The normalized spacial score (nSPS) is 15.8. The van der Waals surface area contributed by atoms with Crippen molar-refractivity contribution in [1.82, 2.24) is 5.32 Å². The van der Waals surface area contributed by atoms with Gasteiger partial charge >= 0.3 is 11.9 Å². The van der Waals surface area contributed by atoms with Crippen molar-refractivity contribution in [3.63, 3.8) is 0 Å². The van der Waals surface area contributed by atoms with E-state index in [2.05, 4.69) is 52.7 Å². The molecule has 2 aliphatic heterocycles. The standard InChI is InChI=1S/C19H21ClN2.C4H6O4/c20-18-7-6-15-8-10-21-11-9-17(15)19(18)22-12-16(13-22)14-4-2-1-3-5-14;5-3(6)1-2-4(7)8/h1-7,16,21H,8-13H2;1-2H2,(H,5,6)(H,7,8). The Morgan fingerprint density at radius 1 is 0.967 bits per heavy atom. The van der Waals surface area contributed by atoms with E-state index in [4.69, 9.17) is 21.8 Å². The summed E-state index contributed by atoms with van der Waals surface area (Å²) in [5, 5.41) is 20.2. The summed E-state index contributed by atoms with van der Waals surface area (Å²) < 4.78 is 0. The van der Waals surface area contributed by atoms with Gasteiger partial charge in [-0.05, 0) is 48.7 Å². The Morgan fingerprint density at radius 2 is 1.60 bits per heavy atom. The quantitative estimate of drug-likeness (QED) is 0.672. The lowest BCUT2D eigenvalue weighted by Gasteiger charge is -2.43. The van der Waals surface area contributed by atoms with Crippen LogP contribution in [0.4, 0.5) is 5.69 Å². The smallest absolute Gasteiger partial charge is 0.303 e. The molecule has 0 saturated carbocycles. The largest absolute Gasteiger partial charge is 0.481 e. The summed E-state index contributed by atoms with van der Waals surface area (Å²) in [4.78, 5) is 21.7. The van der Waals surface area contributed by atoms with E-state index < -0.39 is 11.9 Å². The number of hydrogen-bond donors (Lipinski definition) is 3. The van der Waals surface area contributed by atoms with Gasteiger partial charge < -0.3 is 20.4 Å². The second-order valence-corrected chi connectivity index (χ2v) is 7.99. The van der Waals surface area contributed by atoms with Crippen LogP contribution in [-0.2, 0) is 22.4 Å². The number of nitrogens with zero attached hydrogens (tertiary/aromatic N) is 1. The number of fused-ring (bicyclic) bond motifs is 1. The molecule has 0 atom stereocenters. The zero-order chi connectivity index (χ0) is 21.5. The molecule has 160 valence electrons. The Kier molecular flexibility index (Phi) is 7.71. The fourth-order valence-corrected chi connectivity index (χ4v) is 4.17. The number of rotatable bonds is 5. The lowest BCUT2D eigenvalue weighted by atomic mass is 9.89. The molecule has 30 heavy (non-hydrogen) atoms. The van der Waals surface area contributed by atoms with Gasteiger partial charge in [-0.2, -0.15) is 0 Å². The average molecular weight is 431 g/mol. The highest BCUT2D eigenvalue weighted by atomic mass is 35.5. The monoisotopic (exact) mass is 430 g/mol. The lowest BCUT2D eigenvalue weighted by molar-refractivity contribution is -0.143. The third-order valence-electron chi connectivity index (χ3n) is 5.47. The van der Waals surface area contributed by atoms with Crippen molar-refractivity contribution in [3.8, 4) is 0 Å². The van der Waals surface area contributed by atoms with Crippen LogP contribution in [0.15, 0.2) is 42.5 Å². The minimum absolute atomic E-state index is 0.296. The minimum atomic E-state index is -1.08. The first-order valence-corrected chi connectivity index (χ1v) is 10.6. The van der Waals surface area contributed by atoms with Crippen LogP contribution in [0.1, 0.15) is 35.4 Å². The molecule has 2 aromatic carbocycles. The summed E-state index contributed by atoms with van der Waals surface area (Å²) in [7, 11) is 0. The highest BCUT2D eigenvalue weighted by molar-refractivity contribution is 6.33. The molecular weight excluding hydrogens is 404 g/mol. The van der Waals surface area contributed by atoms with E-state index in [-0.39, 0.29) is 12.8 Å². The molecule has 2 aromatic rings. The highest BCUT2D eigenvalue weighted by Gasteiger charge is 2.31. The second-order valence-electron chi connectivity index (χ2n) is 7.58. The summed E-state index contributed by atoms with van der Waals surface area (Å²) in [5.41, 5.74) is 5.66. The Bertz CT molecular complexity index is 868. The van der Waals surface area contributed by atoms with Crippen molar-refractivity contribution in [3.05, 3.63) is 64.2 Å². The number of carboxylic acid groups (broad SMARTS) is 2. The molecule has 4 rings (SSSR count). The molecule has 6 nitrogen and oxygen atoms in total. The van der Waals surface area contributed by atoms with Crippen LogP contribution in [0, 0.1) is 0 Å². The Balaban J connectivity index is 0.000000275. The van der Waals surface area contributed by atoms with Crippen molar-refractivity contribution in [2.24, 2.45) is 0 Å². The van der Waals surface area contributed by atoms with Crippen molar-refractivity contribution >= 4 is 29.2 Å². The van der Waals surface area contributed by atoms with E-state index in [0.717, 1.165) is 44.0 Å². The molecule has 0 spiro atoms. The van der Waals surface area contributed by atoms with Gasteiger partial charge in [-0.25, -0.2) is 0 Å². The van der Waals surface area contributed by atoms with Gasteiger partial charge in [0.15, 0.2) is 0 Å². The van der Waals surface area contributed by atoms with Crippen molar-refractivity contribution in [1.29, 1.82) is 0 Å². The number of benzene rings is 2. The fraction of sp³-hybridized carbons (Fsp3) is 0.391. The molecule has 1 fully saturated rings. The first kappa shape index (κ1) is 22.1. The molecule has 0 aliphatic carbocycles. The first-order valence-electron chi connectivity index (χ1n) is 10.2. The predicted octanol–water partition coefficient (Wildman–Crippen LogP) is 3.57. The maximum Gasteiger partial charge on any atom is 0.303 e. The Hall–Kier alpha value is -2.57. The molecule has 0 amide bonds. The van der Waals surface area contributed by atoms with Gasteiger partial charge in [-0.1, -0.05) is 48.0 Å². The summed E-state index contributed by atoms with van der Waals surface area (Å²) in [6.07, 6.45) is 1.60. The SMILES string of the molecule is Clc1ccc2c(c1N1CC(c3ccccc3)C1)CCNCC2.O=C(O)CCC(=O)O. The van der Waals surface area contributed by atoms with E-state index in [9.17, 15) is 9.59 Å². The highest BCUT2D eigenvalue weighted by Crippen LogP contribution is 2.39. The number of hydrogen-bond acceptors (Lipinski definition) is 4. The summed E-state index contributed by atoms with van der Waals surface area (Å²) in [5.74, 6) is -1.52. The molecule has 3 N–H and O–H groups in total. The molecule has 0 aromatic heterocycles. The van der Waals surface area contributed by atoms with E-state index in [1.165, 1.54) is 22.4 Å². The zero-order valence-electron chi connectivity index (χ0n) is 16.8. The van der Waals surface area contributed by atoms with Crippen LogP contribution < -0.4 is 10.2 Å². The number of nitrogens with one attached hydrogen (secondary N) is 1. The third-order valence-corrected chi connectivity index (χ3v) is 5.78. The molecule has 2 heterocycles. The number of carbonyl (C=O) groups is 2. The van der Waals surface area contributed by atoms with Crippen LogP contribution in [0.5, 0.6) is 0 Å². The fourth-order valence-electron chi connectivity index (χ4n) is 3.88. The van der Waals surface area contributed by atoms with E-state index in [0.29, 0.717) is 5.92 Å². The number of aliphatic carboxylic acids is 2. The maximum absolute atomic E-state index is 9.64. The summed E-state index contributed by atoms with van der Waals surface area (Å²) in [6, 6.07) is 15.1. The Labute approximate surface area is 181 Å². The van der Waals surface area contributed by atoms with Crippen molar-refractivity contribution in [2.45, 2.75) is 31.6 Å². The topological polar surface area (TPSA) is 89.9 Å². The first-order chi connectivity index (χ1) is 14.5. The number of halogens is 1. The second kappa shape index (κ2) is 10.5. The molecule has 2 aliphatic rings. The van der Waals surface area contributed by atoms with Crippen LogP contribution in [-0.4, -0.2) is 48.3 Å². The maximum atomic E-state index is 9.64. The molecule has 0 radical (unpaired) electrons. The van der Waals surface area contributed by atoms with Crippen LogP contribution in [0.25, 0.3) is 0 Å². The predicted molar refractivity (Wildman–Crippen MR) is 118 cm³/mol. The van der Waals surface area contributed by atoms with Crippen molar-refractivity contribution < 1.29 is 19.8 Å². The van der Waals surface area contributed by atoms with Crippen LogP contribution in [0.2, 0.25) is 5.02 Å². The minimum Gasteiger partial charge on any atom is -0.481 e. The molecule has 1 saturated heterocycles. The zero-order valence-corrected chi connectivity index (χ0v) is 17.6. The van der Waals surface area contributed by atoms with Crippen molar-refractivity contribution in [2.75, 3.05) is 31.1 Å². The van der Waals surface area contributed by atoms with Gasteiger partial charge in [-0.3, -0.25) is 9.59 Å². The molecular formula is C23H27ClN2O4. The van der Waals surface area contributed by atoms with Gasteiger partial charge in [0.05, 0.1) is 23.6 Å².